The first kappa shape index (κ1) is 14.9. The van der Waals surface area contributed by atoms with Gasteiger partial charge in [-0.1, -0.05) is 0 Å². The summed E-state index contributed by atoms with van der Waals surface area (Å²) in [5, 5.41) is 11.7. The lowest BCUT2D eigenvalue weighted by atomic mass is 10.3. The number of hydrogen-bond donors (Lipinski definition) is 2. The Morgan fingerprint density at radius 1 is 1.32 bits per heavy atom. The van der Waals surface area contributed by atoms with E-state index in [9.17, 15) is 9.59 Å². The van der Waals surface area contributed by atoms with Crippen molar-refractivity contribution in [1.82, 2.24) is 9.88 Å². The van der Waals surface area contributed by atoms with E-state index in [2.05, 4.69) is 10.3 Å². The number of aromatic nitrogens is 1. The molecule has 1 aromatic rings. The van der Waals surface area contributed by atoms with Crippen LogP contribution in [-0.2, 0) is 4.79 Å². The van der Waals surface area contributed by atoms with Gasteiger partial charge in [0, 0.05) is 32.3 Å². The van der Waals surface area contributed by atoms with Crippen molar-refractivity contribution in [1.29, 1.82) is 0 Å². The van der Waals surface area contributed by atoms with Crippen LogP contribution in [-0.4, -0.2) is 46.5 Å². The molecule has 0 saturated carbocycles. The van der Waals surface area contributed by atoms with Crippen molar-refractivity contribution in [2.75, 3.05) is 25.0 Å². The number of carbonyl (C=O) groups is 2. The summed E-state index contributed by atoms with van der Waals surface area (Å²) in [6.45, 7) is 5.79. The molecule has 1 amide bonds. The number of rotatable bonds is 7. The molecule has 6 heteroatoms. The fraction of sp³-hybridized carbons (Fsp3) is 0.462. The van der Waals surface area contributed by atoms with Gasteiger partial charge in [-0.25, -0.2) is 9.78 Å². The minimum Gasteiger partial charge on any atom is -0.478 e. The molecule has 0 aromatic carbocycles. The second-order valence-corrected chi connectivity index (χ2v) is 3.98. The van der Waals surface area contributed by atoms with E-state index in [-0.39, 0.29) is 11.5 Å². The Labute approximate surface area is 112 Å². The lowest BCUT2D eigenvalue weighted by Gasteiger charge is -2.18. The van der Waals surface area contributed by atoms with E-state index in [4.69, 9.17) is 5.11 Å². The number of amides is 1. The smallest absolute Gasteiger partial charge is 0.337 e. The SMILES string of the molecule is CCN(CC)C(=O)CCNc1ccc(C(=O)O)cn1. The van der Waals surface area contributed by atoms with E-state index in [0.717, 1.165) is 0 Å². The average Bonchev–Trinajstić information content (AvgIpc) is 2.40. The Hall–Kier alpha value is -2.11. The number of carboxylic acid groups (broad SMARTS) is 1. The summed E-state index contributed by atoms with van der Waals surface area (Å²) in [6.07, 6.45) is 1.68. The second kappa shape index (κ2) is 7.35. The number of carbonyl (C=O) groups excluding carboxylic acids is 1. The molecule has 19 heavy (non-hydrogen) atoms. The molecule has 0 unspecified atom stereocenters. The number of nitrogens with zero attached hydrogens (tertiary/aromatic N) is 2. The van der Waals surface area contributed by atoms with Gasteiger partial charge in [0.25, 0.3) is 0 Å². The Kier molecular flexibility index (Phi) is 5.78. The standard InChI is InChI=1S/C13H19N3O3/c1-3-16(4-2)12(17)7-8-14-11-6-5-10(9-15-11)13(18)19/h5-6,9H,3-4,7-8H2,1-2H3,(H,14,15)(H,18,19). The molecule has 0 fully saturated rings. The van der Waals surface area contributed by atoms with Crippen LogP contribution in [0.5, 0.6) is 0 Å². The topological polar surface area (TPSA) is 82.5 Å². The molecule has 1 rings (SSSR count). The summed E-state index contributed by atoms with van der Waals surface area (Å²) in [4.78, 5) is 28.1. The lowest BCUT2D eigenvalue weighted by Crippen LogP contribution is -2.31. The molecule has 2 N–H and O–H groups in total. The van der Waals surface area contributed by atoms with E-state index < -0.39 is 5.97 Å². The molecule has 0 saturated heterocycles. The number of carboxylic acids is 1. The summed E-state index contributed by atoms with van der Waals surface area (Å²) in [6, 6.07) is 3.06. The summed E-state index contributed by atoms with van der Waals surface area (Å²) < 4.78 is 0. The van der Waals surface area contributed by atoms with Crippen LogP contribution in [0, 0.1) is 0 Å². The average molecular weight is 265 g/mol. The van der Waals surface area contributed by atoms with Gasteiger partial charge in [-0.15, -0.1) is 0 Å². The fourth-order valence-corrected chi connectivity index (χ4v) is 1.66. The van der Waals surface area contributed by atoms with Gasteiger partial charge in [-0.2, -0.15) is 0 Å². The quantitative estimate of drug-likeness (QED) is 0.779. The summed E-state index contributed by atoms with van der Waals surface area (Å²) in [5.41, 5.74) is 0.143. The Balaban J connectivity index is 2.41. The molecule has 0 aliphatic heterocycles. The van der Waals surface area contributed by atoms with E-state index in [0.29, 0.717) is 31.9 Å². The molecule has 104 valence electrons. The van der Waals surface area contributed by atoms with Crippen LogP contribution in [0.15, 0.2) is 18.3 Å². The summed E-state index contributed by atoms with van der Waals surface area (Å²) in [5.74, 6) is -0.340. The van der Waals surface area contributed by atoms with Crippen LogP contribution in [0.4, 0.5) is 5.82 Å². The zero-order valence-corrected chi connectivity index (χ0v) is 11.2. The van der Waals surface area contributed by atoms with Gasteiger partial charge in [0.15, 0.2) is 0 Å². The highest BCUT2D eigenvalue weighted by Gasteiger charge is 2.08. The van der Waals surface area contributed by atoms with Crippen molar-refractivity contribution in [2.45, 2.75) is 20.3 Å². The van der Waals surface area contributed by atoms with Gasteiger partial charge in [0.05, 0.1) is 5.56 Å². The van der Waals surface area contributed by atoms with Crippen LogP contribution in [0.3, 0.4) is 0 Å². The van der Waals surface area contributed by atoms with Crippen molar-refractivity contribution < 1.29 is 14.7 Å². The molecular formula is C13H19N3O3. The summed E-state index contributed by atoms with van der Waals surface area (Å²) >= 11 is 0. The molecule has 1 aromatic heterocycles. The van der Waals surface area contributed by atoms with Gasteiger partial charge in [-0.05, 0) is 26.0 Å². The van der Waals surface area contributed by atoms with Crippen LogP contribution < -0.4 is 5.32 Å². The molecule has 0 aliphatic rings. The van der Waals surface area contributed by atoms with Crippen molar-refractivity contribution >= 4 is 17.7 Å². The van der Waals surface area contributed by atoms with Crippen molar-refractivity contribution in [2.24, 2.45) is 0 Å². The normalized spacial score (nSPS) is 10.0. The number of pyridine rings is 1. The summed E-state index contributed by atoms with van der Waals surface area (Å²) in [7, 11) is 0. The molecule has 0 aliphatic carbocycles. The Bertz CT molecular complexity index is 427. The molecule has 0 radical (unpaired) electrons. The maximum Gasteiger partial charge on any atom is 0.337 e. The van der Waals surface area contributed by atoms with Crippen molar-refractivity contribution in [3.05, 3.63) is 23.9 Å². The zero-order chi connectivity index (χ0) is 14.3. The molecule has 1 heterocycles. The fourth-order valence-electron chi connectivity index (χ4n) is 1.66. The minimum absolute atomic E-state index is 0.0969. The van der Waals surface area contributed by atoms with Crippen molar-refractivity contribution in [3.63, 3.8) is 0 Å². The van der Waals surface area contributed by atoms with Crippen LogP contribution >= 0.6 is 0 Å². The minimum atomic E-state index is -1.00. The lowest BCUT2D eigenvalue weighted by molar-refractivity contribution is -0.130. The first-order valence-corrected chi connectivity index (χ1v) is 6.29. The highest BCUT2D eigenvalue weighted by molar-refractivity contribution is 5.87. The van der Waals surface area contributed by atoms with Crippen LogP contribution in [0.1, 0.15) is 30.6 Å². The number of aromatic carboxylic acids is 1. The highest BCUT2D eigenvalue weighted by Crippen LogP contribution is 2.05. The third-order valence-corrected chi connectivity index (χ3v) is 2.77. The van der Waals surface area contributed by atoms with E-state index in [1.54, 1.807) is 11.0 Å². The second-order valence-electron chi connectivity index (χ2n) is 3.98. The Morgan fingerprint density at radius 2 is 2.00 bits per heavy atom. The van der Waals surface area contributed by atoms with Crippen LogP contribution in [0.2, 0.25) is 0 Å². The third-order valence-electron chi connectivity index (χ3n) is 2.77. The first-order valence-electron chi connectivity index (χ1n) is 6.29. The number of nitrogens with one attached hydrogen (secondary N) is 1. The Morgan fingerprint density at radius 3 is 2.47 bits per heavy atom. The molecule has 0 bridgehead atoms. The predicted octanol–water partition coefficient (Wildman–Crippen LogP) is 1.45. The van der Waals surface area contributed by atoms with E-state index in [1.807, 2.05) is 13.8 Å². The van der Waals surface area contributed by atoms with Gasteiger partial charge in [0.1, 0.15) is 5.82 Å². The van der Waals surface area contributed by atoms with Crippen molar-refractivity contribution in [3.8, 4) is 0 Å². The van der Waals surface area contributed by atoms with Gasteiger partial charge in [0.2, 0.25) is 5.91 Å². The molecular weight excluding hydrogens is 246 g/mol. The van der Waals surface area contributed by atoms with Gasteiger partial charge >= 0.3 is 5.97 Å². The highest BCUT2D eigenvalue weighted by atomic mass is 16.4. The molecule has 0 spiro atoms. The third kappa shape index (κ3) is 4.57. The number of anilines is 1. The predicted molar refractivity (Wildman–Crippen MR) is 72.2 cm³/mol. The molecule has 6 nitrogen and oxygen atoms in total. The van der Waals surface area contributed by atoms with E-state index >= 15 is 0 Å². The largest absolute Gasteiger partial charge is 0.478 e. The maximum absolute atomic E-state index is 11.7. The van der Waals surface area contributed by atoms with Gasteiger partial charge < -0.3 is 15.3 Å². The van der Waals surface area contributed by atoms with E-state index in [1.165, 1.54) is 12.3 Å². The first-order chi connectivity index (χ1) is 9.08. The monoisotopic (exact) mass is 265 g/mol. The molecule has 0 atom stereocenters. The zero-order valence-electron chi connectivity index (χ0n) is 11.2. The maximum atomic E-state index is 11.7. The number of hydrogen-bond acceptors (Lipinski definition) is 4. The van der Waals surface area contributed by atoms with Crippen LogP contribution in [0.25, 0.3) is 0 Å². The van der Waals surface area contributed by atoms with Gasteiger partial charge in [-0.3, -0.25) is 4.79 Å².